The highest BCUT2D eigenvalue weighted by Gasteiger charge is 2.49. The second-order valence-corrected chi connectivity index (χ2v) is 7.02. The lowest BCUT2D eigenvalue weighted by atomic mass is 9.60. The molecule has 3 rings (SSSR count). The monoisotopic (exact) mass is 354 g/mol. The van der Waals surface area contributed by atoms with Crippen molar-refractivity contribution in [3.63, 3.8) is 0 Å². The van der Waals surface area contributed by atoms with Crippen LogP contribution in [-0.4, -0.2) is 42.5 Å². The molecule has 1 atom stereocenters. The molecule has 1 aliphatic carbocycles. The van der Waals surface area contributed by atoms with Crippen molar-refractivity contribution >= 4 is 23.4 Å². The van der Waals surface area contributed by atoms with Gasteiger partial charge in [-0.25, -0.2) is 4.39 Å². The van der Waals surface area contributed by atoms with Crippen LogP contribution in [0.5, 0.6) is 0 Å². The average Bonchev–Trinajstić information content (AvgIpc) is 2.55. The van der Waals surface area contributed by atoms with Crippen molar-refractivity contribution < 1.29 is 18.7 Å². The van der Waals surface area contributed by atoms with Gasteiger partial charge < -0.3 is 15.4 Å². The number of carbonyl (C=O) groups excluding carboxylic acids is 2. The maximum absolute atomic E-state index is 13.9. The number of piperidine rings is 1. The van der Waals surface area contributed by atoms with Crippen molar-refractivity contribution in [1.82, 2.24) is 4.90 Å². The molecule has 1 saturated heterocycles. The highest BCUT2D eigenvalue weighted by Crippen LogP contribution is 2.50. The normalized spacial score (nSPS) is 22.2. The Morgan fingerprint density at radius 3 is 2.62 bits per heavy atom. The summed E-state index contributed by atoms with van der Waals surface area (Å²) >= 11 is 5.86. The van der Waals surface area contributed by atoms with Crippen LogP contribution in [-0.2, 0) is 9.53 Å². The molecule has 0 aromatic heterocycles. The fourth-order valence-corrected chi connectivity index (χ4v) is 3.84. The second kappa shape index (κ2) is 6.69. The molecule has 2 amide bonds. The predicted molar refractivity (Wildman–Crippen MR) is 87.1 cm³/mol. The van der Waals surface area contributed by atoms with Gasteiger partial charge in [-0.05, 0) is 43.9 Å². The van der Waals surface area contributed by atoms with Crippen molar-refractivity contribution in [2.75, 3.05) is 19.7 Å². The molecular weight excluding hydrogens is 335 g/mol. The van der Waals surface area contributed by atoms with Crippen LogP contribution in [0.3, 0.4) is 0 Å². The highest BCUT2D eigenvalue weighted by atomic mass is 35.5. The Balaban J connectivity index is 1.62. The maximum Gasteiger partial charge on any atom is 0.256 e. The first kappa shape index (κ1) is 17.2. The number of nitrogens with zero attached hydrogens (tertiary/aromatic N) is 1. The number of halogens is 2. The first-order chi connectivity index (χ1) is 11.4. The van der Waals surface area contributed by atoms with Crippen LogP contribution in [0.25, 0.3) is 0 Å². The number of likely N-dealkylation sites (tertiary alicyclic amines) is 1. The van der Waals surface area contributed by atoms with E-state index in [0.29, 0.717) is 18.1 Å². The number of hydrogen-bond donors (Lipinski definition) is 1. The molecule has 130 valence electrons. The number of carbonyl (C=O) groups is 2. The third-order valence-electron chi connectivity index (χ3n) is 5.22. The number of amides is 2. The molecule has 1 aromatic rings. The Labute approximate surface area is 144 Å². The molecular formula is C17H20ClFN2O3. The summed E-state index contributed by atoms with van der Waals surface area (Å²) in [5.74, 6) is -1.36. The summed E-state index contributed by atoms with van der Waals surface area (Å²) < 4.78 is 19.5. The van der Waals surface area contributed by atoms with Crippen molar-refractivity contribution in [3.8, 4) is 0 Å². The van der Waals surface area contributed by atoms with Crippen LogP contribution in [0, 0.1) is 11.2 Å². The molecule has 1 aliphatic heterocycles. The Morgan fingerprint density at radius 2 is 2.04 bits per heavy atom. The van der Waals surface area contributed by atoms with Crippen molar-refractivity contribution in [3.05, 3.63) is 34.6 Å². The Hall–Kier alpha value is -1.66. The van der Waals surface area contributed by atoms with Gasteiger partial charge in [0.1, 0.15) is 12.4 Å². The van der Waals surface area contributed by atoms with Crippen molar-refractivity contribution in [2.24, 2.45) is 11.1 Å². The number of benzene rings is 1. The quantitative estimate of drug-likeness (QED) is 0.902. The lowest BCUT2D eigenvalue weighted by Crippen LogP contribution is -2.54. The Bertz CT molecular complexity index is 659. The molecule has 2 fully saturated rings. The summed E-state index contributed by atoms with van der Waals surface area (Å²) in [7, 11) is 0. The van der Waals surface area contributed by atoms with Crippen LogP contribution in [0.4, 0.5) is 4.39 Å². The molecule has 1 spiro atoms. The second-order valence-electron chi connectivity index (χ2n) is 6.58. The van der Waals surface area contributed by atoms with Gasteiger partial charge in [0.2, 0.25) is 5.91 Å². The number of hydrogen-bond acceptors (Lipinski definition) is 3. The smallest absolute Gasteiger partial charge is 0.256 e. The van der Waals surface area contributed by atoms with Gasteiger partial charge in [-0.2, -0.15) is 0 Å². The third kappa shape index (κ3) is 3.26. The van der Waals surface area contributed by atoms with Crippen LogP contribution in [0.15, 0.2) is 18.2 Å². The van der Waals surface area contributed by atoms with E-state index >= 15 is 0 Å². The van der Waals surface area contributed by atoms with E-state index < -0.39 is 11.7 Å². The number of nitrogens with two attached hydrogens (primary N) is 1. The molecule has 1 unspecified atom stereocenters. The Kier molecular flexibility index (Phi) is 4.78. The minimum Gasteiger partial charge on any atom is -0.368 e. The molecule has 2 aliphatic rings. The van der Waals surface area contributed by atoms with Gasteiger partial charge in [0, 0.05) is 23.5 Å². The maximum atomic E-state index is 13.9. The van der Waals surface area contributed by atoms with E-state index in [0.717, 1.165) is 25.7 Å². The van der Waals surface area contributed by atoms with Gasteiger partial charge in [-0.15, -0.1) is 0 Å². The van der Waals surface area contributed by atoms with Gasteiger partial charge in [0.25, 0.3) is 5.91 Å². The summed E-state index contributed by atoms with van der Waals surface area (Å²) in [6, 6.07) is 4.00. The summed E-state index contributed by atoms with van der Waals surface area (Å²) in [5.41, 5.74) is 5.15. The molecule has 0 bridgehead atoms. The van der Waals surface area contributed by atoms with Crippen LogP contribution in [0.1, 0.15) is 36.0 Å². The first-order valence-corrected chi connectivity index (χ1v) is 8.43. The summed E-state index contributed by atoms with van der Waals surface area (Å²) in [4.78, 5) is 25.0. The van der Waals surface area contributed by atoms with Gasteiger partial charge in [0.05, 0.1) is 11.7 Å². The number of ether oxygens (including phenoxy) is 1. The average molecular weight is 355 g/mol. The van der Waals surface area contributed by atoms with E-state index in [-0.39, 0.29) is 29.6 Å². The van der Waals surface area contributed by atoms with Crippen LogP contribution >= 0.6 is 11.6 Å². The van der Waals surface area contributed by atoms with E-state index in [4.69, 9.17) is 22.1 Å². The SMILES string of the molecule is NC(=O)COC1CCC12CCN(C(=O)c1cc(Cl)ccc1F)CC2. The predicted octanol–water partition coefficient (Wildman–Crippen LogP) is 2.37. The lowest BCUT2D eigenvalue weighted by molar-refractivity contribution is -0.148. The van der Waals surface area contributed by atoms with Crippen molar-refractivity contribution in [1.29, 1.82) is 0 Å². The van der Waals surface area contributed by atoms with Gasteiger partial charge >= 0.3 is 0 Å². The standard InChI is InChI=1S/C17H20ClFN2O3/c18-11-1-2-13(19)12(9-11)16(23)21-7-5-17(6-8-21)4-3-14(17)24-10-15(20)22/h1-2,9,14H,3-8,10H2,(H2,20,22). The van der Waals surface area contributed by atoms with Crippen LogP contribution < -0.4 is 5.73 Å². The molecule has 1 aromatic carbocycles. The van der Waals surface area contributed by atoms with E-state index in [1.807, 2.05) is 0 Å². The minimum atomic E-state index is -0.559. The lowest BCUT2D eigenvalue weighted by Gasteiger charge is -2.53. The largest absolute Gasteiger partial charge is 0.368 e. The van der Waals surface area contributed by atoms with Gasteiger partial charge in [-0.1, -0.05) is 11.6 Å². The zero-order valence-electron chi connectivity index (χ0n) is 13.3. The summed E-state index contributed by atoms with van der Waals surface area (Å²) in [6.45, 7) is 1.02. The highest BCUT2D eigenvalue weighted by molar-refractivity contribution is 6.31. The molecule has 1 heterocycles. The zero-order valence-corrected chi connectivity index (χ0v) is 14.0. The fourth-order valence-electron chi connectivity index (χ4n) is 3.67. The van der Waals surface area contributed by atoms with E-state index in [1.165, 1.54) is 18.2 Å². The first-order valence-electron chi connectivity index (χ1n) is 8.05. The molecule has 0 radical (unpaired) electrons. The molecule has 1 saturated carbocycles. The summed E-state index contributed by atoms with van der Waals surface area (Å²) in [6.07, 6.45) is 3.51. The third-order valence-corrected chi connectivity index (χ3v) is 5.45. The van der Waals surface area contributed by atoms with Gasteiger partial charge in [0.15, 0.2) is 0 Å². The topological polar surface area (TPSA) is 72.6 Å². The number of primary amides is 1. The zero-order chi connectivity index (χ0) is 17.3. The molecule has 24 heavy (non-hydrogen) atoms. The molecule has 5 nitrogen and oxygen atoms in total. The Morgan fingerprint density at radius 1 is 1.33 bits per heavy atom. The van der Waals surface area contributed by atoms with E-state index in [9.17, 15) is 14.0 Å². The summed E-state index contributed by atoms with van der Waals surface area (Å²) in [5, 5.41) is 0.340. The van der Waals surface area contributed by atoms with Gasteiger partial charge in [-0.3, -0.25) is 9.59 Å². The van der Waals surface area contributed by atoms with E-state index in [1.54, 1.807) is 4.90 Å². The number of rotatable bonds is 4. The van der Waals surface area contributed by atoms with Crippen LogP contribution in [0.2, 0.25) is 5.02 Å². The molecule has 7 heteroatoms. The molecule has 2 N–H and O–H groups in total. The van der Waals surface area contributed by atoms with Crippen molar-refractivity contribution in [2.45, 2.75) is 31.8 Å². The minimum absolute atomic E-state index is 0.00795. The van der Waals surface area contributed by atoms with E-state index in [2.05, 4.69) is 0 Å². The fraction of sp³-hybridized carbons (Fsp3) is 0.529.